The van der Waals surface area contributed by atoms with E-state index in [1.165, 1.54) is 0 Å². The van der Waals surface area contributed by atoms with E-state index in [0.29, 0.717) is 11.3 Å². The van der Waals surface area contributed by atoms with Crippen molar-refractivity contribution < 1.29 is 14.6 Å². The zero-order chi connectivity index (χ0) is 20.4. The lowest BCUT2D eigenvalue weighted by Crippen LogP contribution is -2.20. The van der Waals surface area contributed by atoms with E-state index in [4.69, 9.17) is 9.84 Å². The highest BCUT2D eigenvalue weighted by atomic mass is 79.9. The zero-order valence-electron chi connectivity index (χ0n) is 15.3. The average molecular weight is 515 g/mol. The summed E-state index contributed by atoms with van der Waals surface area (Å²) in [7, 11) is 0. The molecule has 29 heavy (non-hydrogen) atoms. The highest BCUT2D eigenvalue weighted by Gasteiger charge is 2.33. The van der Waals surface area contributed by atoms with Gasteiger partial charge in [0.25, 0.3) is 5.91 Å². The minimum absolute atomic E-state index is 0.0642. The summed E-state index contributed by atoms with van der Waals surface area (Å²) in [5.41, 5.74) is 4.09. The van der Waals surface area contributed by atoms with Gasteiger partial charge in [-0.3, -0.25) is 9.69 Å². The summed E-state index contributed by atoms with van der Waals surface area (Å²) in [5.74, 6) is 0.551. The molecule has 0 bridgehead atoms. The normalized spacial score (nSPS) is 14.4. The van der Waals surface area contributed by atoms with Gasteiger partial charge in [0.1, 0.15) is 12.4 Å². The summed E-state index contributed by atoms with van der Waals surface area (Å²) in [6, 6.07) is 21.2. The Bertz CT molecular complexity index is 1070. The summed E-state index contributed by atoms with van der Waals surface area (Å²) >= 11 is 7.02. The number of hydrogen-bond acceptors (Lipinski definition) is 3. The molecule has 4 rings (SSSR count). The molecule has 146 valence electrons. The zero-order valence-corrected chi connectivity index (χ0v) is 18.5. The maximum absolute atomic E-state index is 13.3. The Balaban J connectivity index is 1.77. The number of ether oxygens (including phenoxy) is 1. The fraction of sp³-hybridized carbons (Fsp3) is 0.0870. The molecule has 6 heteroatoms. The van der Waals surface area contributed by atoms with E-state index in [1.54, 1.807) is 4.90 Å². The van der Waals surface area contributed by atoms with Crippen LogP contribution in [0.25, 0.3) is 11.6 Å². The van der Waals surface area contributed by atoms with Gasteiger partial charge >= 0.3 is 0 Å². The molecule has 1 amide bonds. The van der Waals surface area contributed by atoms with Crippen molar-refractivity contribution in [2.75, 3.05) is 18.1 Å². The first-order chi connectivity index (χ1) is 14.1. The van der Waals surface area contributed by atoms with E-state index in [-0.39, 0.29) is 19.1 Å². The summed E-state index contributed by atoms with van der Waals surface area (Å²) < 4.78 is 7.04. The average Bonchev–Trinajstić information content (AvgIpc) is 3.00. The van der Waals surface area contributed by atoms with E-state index >= 15 is 0 Å². The Morgan fingerprint density at radius 1 is 0.966 bits per heavy atom. The van der Waals surface area contributed by atoms with Crippen LogP contribution in [0.1, 0.15) is 11.1 Å². The van der Waals surface area contributed by atoms with Crippen LogP contribution in [-0.4, -0.2) is 24.2 Å². The fourth-order valence-electron chi connectivity index (χ4n) is 3.33. The highest BCUT2D eigenvalue weighted by Crippen LogP contribution is 2.43. The molecule has 0 unspecified atom stereocenters. The number of anilines is 2. The number of hydrogen-bond donors (Lipinski definition) is 1. The standard InChI is InChI=1S/C23H17Br2NO3/c24-19-13-15(14-20(25)22(19)29-11-10-27)12-18-17-8-4-5-9-21(17)26(23(18)28)16-6-2-1-3-7-16/h1-9,12-14,27H,10-11H2. The van der Waals surface area contributed by atoms with Crippen LogP contribution < -0.4 is 9.64 Å². The maximum atomic E-state index is 13.3. The van der Waals surface area contributed by atoms with Crippen molar-refractivity contribution in [3.8, 4) is 5.75 Å². The quantitative estimate of drug-likeness (QED) is 0.437. The van der Waals surface area contributed by atoms with Gasteiger partial charge < -0.3 is 9.84 Å². The first kappa shape index (κ1) is 19.9. The van der Waals surface area contributed by atoms with Gasteiger partial charge in [-0.1, -0.05) is 36.4 Å². The highest BCUT2D eigenvalue weighted by molar-refractivity contribution is 9.11. The number of carbonyl (C=O) groups excluding carboxylic acids is 1. The van der Waals surface area contributed by atoms with Crippen LogP contribution in [0.5, 0.6) is 5.75 Å². The van der Waals surface area contributed by atoms with Crippen molar-refractivity contribution in [2.45, 2.75) is 0 Å². The molecule has 0 aliphatic carbocycles. The topological polar surface area (TPSA) is 49.8 Å². The third-order valence-electron chi connectivity index (χ3n) is 4.55. The van der Waals surface area contributed by atoms with E-state index < -0.39 is 0 Å². The van der Waals surface area contributed by atoms with Gasteiger partial charge in [-0.2, -0.15) is 0 Å². The molecular weight excluding hydrogens is 498 g/mol. The van der Waals surface area contributed by atoms with Gasteiger partial charge in [-0.05, 0) is 73.8 Å². The summed E-state index contributed by atoms with van der Waals surface area (Å²) in [4.78, 5) is 15.1. The smallest absolute Gasteiger partial charge is 0.263 e. The minimum Gasteiger partial charge on any atom is -0.489 e. The van der Waals surface area contributed by atoms with Crippen LogP contribution in [-0.2, 0) is 4.79 Å². The second-order valence-electron chi connectivity index (χ2n) is 6.44. The van der Waals surface area contributed by atoms with Crippen molar-refractivity contribution >= 4 is 60.8 Å². The van der Waals surface area contributed by atoms with Crippen molar-refractivity contribution in [2.24, 2.45) is 0 Å². The number of nitrogens with zero attached hydrogens (tertiary/aromatic N) is 1. The second-order valence-corrected chi connectivity index (χ2v) is 8.15. The summed E-state index contributed by atoms with van der Waals surface area (Å²) in [6.45, 7) is 0.140. The largest absolute Gasteiger partial charge is 0.489 e. The number of para-hydroxylation sites is 2. The van der Waals surface area contributed by atoms with E-state index in [1.807, 2.05) is 72.8 Å². The molecular formula is C23H17Br2NO3. The van der Waals surface area contributed by atoms with Crippen LogP contribution in [0.2, 0.25) is 0 Å². The van der Waals surface area contributed by atoms with Crippen LogP contribution in [0.4, 0.5) is 11.4 Å². The van der Waals surface area contributed by atoms with Crippen molar-refractivity contribution in [3.05, 3.63) is 86.8 Å². The van der Waals surface area contributed by atoms with Crippen LogP contribution in [0.15, 0.2) is 75.7 Å². The number of benzene rings is 3. The molecule has 0 spiro atoms. The monoisotopic (exact) mass is 513 g/mol. The Kier molecular flexibility index (Phi) is 5.85. The first-order valence-electron chi connectivity index (χ1n) is 9.03. The third kappa shape index (κ3) is 3.88. The first-order valence-corrected chi connectivity index (χ1v) is 10.6. The van der Waals surface area contributed by atoms with Gasteiger partial charge in [-0.15, -0.1) is 0 Å². The van der Waals surface area contributed by atoms with Crippen molar-refractivity contribution in [1.82, 2.24) is 0 Å². The van der Waals surface area contributed by atoms with Crippen LogP contribution in [0.3, 0.4) is 0 Å². The molecule has 0 saturated heterocycles. The molecule has 0 aromatic heterocycles. The van der Waals surface area contributed by atoms with Gasteiger partial charge in [0.2, 0.25) is 0 Å². The van der Waals surface area contributed by atoms with Gasteiger partial charge in [-0.25, -0.2) is 0 Å². The summed E-state index contributed by atoms with van der Waals surface area (Å²) in [6.07, 6.45) is 1.88. The Labute approximate surface area is 185 Å². The molecule has 1 aliphatic rings. The predicted molar refractivity (Wildman–Crippen MR) is 122 cm³/mol. The van der Waals surface area contributed by atoms with Crippen molar-refractivity contribution in [3.63, 3.8) is 0 Å². The van der Waals surface area contributed by atoms with E-state index in [2.05, 4.69) is 31.9 Å². The number of rotatable bonds is 5. The fourth-order valence-corrected chi connectivity index (χ4v) is 4.78. The number of carbonyl (C=O) groups is 1. The van der Waals surface area contributed by atoms with Gasteiger partial charge in [0, 0.05) is 11.3 Å². The third-order valence-corrected chi connectivity index (χ3v) is 5.73. The van der Waals surface area contributed by atoms with Crippen molar-refractivity contribution in [1.29, 1.82) is 0 Å². The number of halogens is 2. The minimum atomic E-state index is -0.0646. The molecule has 1 heterocycles. The van der Waals surface area contributed by atoms with Crippen LogP contribution in [0, 0.1) is 0 Å². The van der Waals surface area contributed by atoms with Gasteiger partial charge in [0.15, 0.2) is 0 Å². The molecule has 3 aromatic carbocycles. The van der Waals surface area contributed by atoms with Crippen LogP contribution >= 0.6 is 31.9 Å². The lowest BCUT2D eigenvalue weighted by molar-refractivity contribution is -0.112. The molecule has 0 saturated carbocycles. The number of amides is 1. The number of fused-ring (bicyclic) bond motifs is 1. The SMILES string of the molecule is O=C1C(=Cc2cc(Br)c(OCCO)c(Br)c2)c2ccccc2N1c1ccccc1. The molecule has 0 fully saturated rings. The second kappa shape index (κ2) is 8.53. The lowest BCUT2D eigenvalue weighted by Gasteiger charge is -2.16. The lowest BCUT2D eigenvalue weighted by atomic mass is 10.0. The molecule has 1 N–H and O–H groups in total. The van der Waals surface area contributed by atoms with Gasteiger partial charge in [0.05, 0.1) is 26.8 Å². The predicted octanol–water partition coefficient (Wildman–Crippen LogP) is 5.80. The Morgan fingerprint density at radius 3 is 2.31 bits per heavy atom. The Morgan fingerprint density at radius 2 is 1.62 bits per heavy atom. The summed E-state index contributed by atoms with van der Waals surface area (Å²) in [5, 5.41) is 8.99. The molecule has 4 nitrogen and oxygen atoms in total. The number of aliphatic hydroxyl groups excluding tert-OH is 1. The number of aliphatic hydroxyl groups is 1. The molecule has 0 atom stereocenters. The van der Waals surface area contributed by atoms with E-state index in [9.17, 15) is 4.79 Å². The molecule has 1 aliphatic heterocycles. The molecule has 3 aromatic rings. The molecule has 0 radical (unpaired) electrons. The maximum Gasteiger partial charge on any atom is 0.263 e. The van der Waals surface area contributed by atoms with E-state index in [0.717, 1.165) is 31.4 Å². The Hall–Kier alpha value is -2.41.